The molecular formula is C7H16N2O. The van der Waals surface area contributed by atoms with Crippen LogP contribution in [0.25, 0.3) is 0 Å². The first-order chi connectivity index (χ1) is 4.93. The SMILES string of the molecule is NCCOCC1CCCN1. The first-order valence-electron chi connectivity index (χ1n) is 3.94. The molecule has 1 aliphatic heterocycles. The molecule has 1 fully saturated rings. The van der Waals surface area contributed by atoms with Gasteiger partial charge < -0.3 is 15.8 Å². The molecule has 0 bridgehead atoms. The molecule has 3 nitrogen and oxygen atoms in total. The van der Waals surface area contributed by atoms with Gasteiger partial charge in [-0.1, -0.05) is 0 Å². The Balaban J connectivity index is 1.91. The molecule has 0 aliphatic carbocycles. The summed E-state index contributed by atoms with van der Waals surface area (Å²) in [7, 11) is 0. The van der Waals surface area contributed by atoms with E-state index in [-0.39, 0.29) is 0 Å². The average Bonchev–Trinajstić information content (AvgIpc) is 2.41. The van der Waals surface area contributed by atoms with Gasteiger partial charge in [0.2, 0.25) is 0 Å². The molecule has 1 heterocycles. The summed E-state index contributed by atoms with van der Waals surface area (Å²) in [5.74, 6) is 0. The highest BCUT2D eigenvalue weighted by molar-refractivity contribution is 4.73. The van der Waals surface area contributed by atoms with E-state index in [2.05, 4.69) is 5.32 Å². The van der Waals surface area contributed by atoms with E-state index in [1.807, 2.05) is 0 Å². The highest BCUT2D eigenvalue weighted by atomic mass is 16.5. The topological polar surface area (TPSA) is 47.3 Å². The van der Waals surface area contributed by atoms with Gasteiger partial charge in [0.15, 0.2) is 0 Å². The maximum Gasteiger partial charge on any atom is 0.0620 e. The van der Waals surface area contributed by atoms with Crippen LogP contribution in [0.1, 0.15) is 12.8 Å². The summed E-state index contributed by atoms with van der Waals surface area (Å²) in [6, 6.07) is 0.589. The van der Waals surface area contributed by atoms with E-state index < -0.39 is 0 Å². The molecule has 0 saturated carbocycles. The predicted octanol–water partition coefficient (Wildman–Crippen LogP) is -0.286. The molecule has 1 saturated heterocycles. The molecule has 1 unspecified atom stereocenters. The molecule has 1 aliphatic rings. The normalized spacial score (nSPS) is 25.5. The summed E-state index contributed by atoms with van der Waals surface area (Å²) in [6.45, 7) is 3.30. The summed E-state index contributed by atoms with van der Waals surface area (Å²) < 4.78 is 5.28. The van der Waals surface area contributed by atoms with Crippen molar-refractivity contribution in [1.29, 1.82) is 0 Å². The molecule has 0 aromatic rings. The van der Waals surface area contributed by atoms with Crippen LogP contribution in [0.4, 0.5) is 0 Å². The van der Waals surface area contributed by atoms with E-state index in [0.29, 0.717) is 19.2 Å². The Hall–Kier alpha value is -0.120. The fourth-order valence-corrected chi connectivity index (χ4v) is 1.21. The van der Waals surface area contributed by atoms with Crippen molar-refractivity contribution >= 4 is 0 Å². The van der Waals surface area contributed by atoms with Crippen molar-refractivity contribution in [1.82, 2.24) is 5.32 Å². The van der Waals surface area contributed by atoms with Crippen molar-refractivity contribution in [3.63, 3.8) is 0 Å². The lowest BCUT2D eigenvalue weighted by Gasteiger charge is -2.09. The molecular weight excluding hydrogens is 128 g/mol. The third kappa shape index (κ3) is 2.64. The van der Waals surface area contributed by atoms with Gasteiger partial charge in [-0.2, -0.15) is 0 Å². The van der Waals surface area contributed by atoms with Crippen LogP contribution in [0.2, 0.25) is 0 Å². The Morgan fingerprint density at radius 3 is 3.10 bits per heavy atom. The summed E-state index contributed by atoms with van der Waals surface area (Å²) >= 11 is 0. The number of nitrogens with two attached hydrogens (primary N) is 1. The second kappa shape index (κ2) is 4.66. The quantitative estimate of drug-likeness (QED) is 0.533. The summed E-state index contributed by atoms with van der Waals surface area (Å²) in [4.78, 5) is 0. The van der Waals surface area contributed by atoms with Crippen molar-refractivity contribution in [3.05, 3.63) is 0 Å². The van der Waals surface area contributed by atoms with Crippen molar-refractivity contribution in [3.8, 4) is 0 Å². The van der Waals surface area contributed by atoms with Crippen molar-refractivity contribution in [2.24, 2.45) is 5.73 Å². The van der Waals surface area contributed by atoms with Gasteiger partial charge in [0.1, 0.15) is 0 Å². The molecule has 3 heteroatoms. The number of ether oxygens (including phenoxy) is 1. The van der Waals surface area contributed by atoms with Gasteiger partial charge in [0.25, 0.3) is 0 Å². The highest BCUT2D eigenvalue weighted by Gasteiger charge is 2.12. The Bertz CT molecular complexity index is 81.7. The standard InChI is InChI=1S/C7H16N2O/c8-3-5-10-6-7-2-1-4-9-7/h7,9H,1-6,8H2. The van der Waals surface area contributed by atoms with Gasteiger partial charge in [-0.15, -0.1) is 0 Å². The average molecular weight is 144 g/mol. The van der Waals surface area contributed by atoms with Crippen molar-refractivity contribution < 1.29 is 4.74 Å². The third-order valence-corrected chi connectivity index (χ3v) is 1.74. The largest absolute Gasteiger partial charge is 0.379 e. The van der Waals surface area contributed by atoms with Crippen LogP contribution < -0.4 is 11.1 Å². The molecule has 0 aromatic heterocycles. The van der Waals surface area contributed by atoms with E-state index in [1.54, 1.807) is 0 Å². The zero-order valence-electron chi connectivity index (χ0n) is 6.31. The van der Waals surface area contributed by atoms with Gasteiger partial charge in [-0.05, 0) is 19.4 Å². The minimum Gasteiger partial charge on any atom is -0.379 e. The van der Waals surface area contributed by atoms with Crippen LogP contribution >= 0.6 is 0 Å². The molecule has 0 spiro atoms. The Morgan fingerprint density at radius 2 is 2.50 bits per heavy atom. The molecule has 0 amide bonds. The lowest BCUT2D eigenvalue weighted by atomic mass is 10.2. The van der Waals surface area contributed by atoms with Crippen LogP contribution in [0, 0.1) is 0 Å². The van der Waals surface area contributed by atoms with Crippen LogP contribution in [-0.2, 0) is 4.74 Å². The molecule has 60 valence electrons. The van der Waals surface area contributed by atoms with Gasteiger partial charge in [-0.3, -0.25) is 0 Å². The zero-order valence-corrected chi connectivity index (χ0v) is 6.31. The van der Waals surface area contributed by atoms with E-state index >= 15 is 0 Å². The molecule has 3 N–H and O–H groups in total. The first-order valence-corrected chi connectivity index (χ1v) is 3.94. The monoisotopic (exact) mass is 144 g/mol. The second-order valence-corrected chi connectivity index (χ2v) is 2.66. The first kappa shape index (κ1) is 7.98. The van der Waals surface area contributed by atoms with Crippen LogP contribution in [0.3, 0.4) is 0 Å². The van der Waals surface area contributed by atoms with Crippen LogP contribution in [0.15, 0.2) is 0 Å². The number of hydrogen-bond acceptors (Lipinski definition) is 3. The Morgan fingerprint density at radius 1 is 1.60 bits per heavy atom. The minimum atomic E-state index is 0.589. The Kier molecular flexibility index (Phi) is 3.72. The van der Waals surface area contributed by atoms with Gasteiger partial charge in [0.05, 0.1) is 13.2 Å². The number of nitrogens with one attached hydrogen (secondary N) is 1. The molecule has 0 aromatic carbocycles. The lowest BCUT2D eigenvalue weighted by molar-refractivity contribution is 0.123. The second-order valence-electron chi connectivity index (χ2n) is 2.66. The minimum absolute atomic E-state index is 0.589. The third-order valence-electron chi connectivity index (χ3n) is 1.74. The van der Waals surface area contributed by atoms with Crippen LogP contribution in [-0.4, -0.2) is 32.3 Å². The Labute approximate surface area is 61.9 Å². The van der Waals surface area contributed by atoms with Crippen LogP contribution in [0.5, 0.6) is 0 Å². The van der Waals surface area contributed by atoms with Crippen molar-refractivity contribution in [2.75, 3.05) is 26.3 Å². The number of hydrogen-bond donors (Lipinski definition) is 2. The molecule has 10 heavy (non-hydrogen) atoms. The molecule has 1 rings (SSSR count). The molecule has 0 radical (unpaired) electrons. The summed E-state index contributed by atoms with van der Waals surface area (Å²) in [5, 5.41) is 3.35. The maximum atomic E-state index is 5.28. The van der Waals surface area contributed by atoms with E-state index in [1.165, 1.54) is 12.8 Å². The summed E-state index contributed by atoms with van der Waals surface area (Å²) in [6.07, 6.45) is 2.54. The molecule has 1 atom stereocenters. The van der Waals surface area contributed by atoms with Gasteiger partial charge in [0, 0.05) is 12.6 Å². The smallest absolute Gasteiger partial charge is 0.0620 e. The van der Waals surface area contributed by atoms with E-state index in [4.69, 9.17) is 10.5 Å². The summed E-state index contributed by atoms with van der Waals surface area (Å²) in [5.41, 5.74) is 5.27. The van der Waals surface area contributed by atoms with E-state index in [9.17, 15) is 0 Å². The van der Waals surface area contributed by atoms with E-state index in [0.717, 1.165) is 13.2 Å². The van der Waals surface area contributed by atoms with Gasteiger partial charge in [-0.25, -0.2) is 0 Å². The highest BCUT2D eigenvalue weighted by Crippen LogP contribution is 2.04. The number of rotatable bonds is 4. The maximum absolute atomic E-state index is 5.28. The fraction of sp³-hybridized carbons (Fsp3) is 1.00. The fourth-order valence-electron chi connectivity index (χ4n) is 1.21. The van der Waals surface area contributed by atoms with Gasteiger partial charge >= 0.3 is 0 Å². The predicted molar refractivity (Wildman–Crippen MR) is 40.9 cm³/mol. The van der Waals surface area contributed by atoms with Crippen molar-refractivity contribution in [2.45, 2.75) is 18.9 Å². The zero-order chi connectivity index (χ0) is 7.23. The lowest BCUT2D eigenvalue weighted by Crippen LogP contribution is -2.27.